The van der Waals surface area contributed by atoms with Crippen LogP contribution in [0.15, 0.2) is 0 Å². The number of carbonyl (C=O) groups excluding carboxylic acids is 1. The van der Waals surface area contributed by atoms with Gasteiger partial charge in [0.05, 0.1) is 6.61 Å². The standard InChI is InChI=1S/C15H23NO5/c1-15(2,3)21-14(19)16-12(13(17)18)8-10-20-9-4-5-11-6-7-11/h11-12H,6-10H2,1-3H3,(H,16,19)(H,17,18)/t12-/m0/s1. The second kappa shape index (κ2) is 7.89. The Morgan fingerprint density at radius 3 is 2.57 bits per heavy atom. The van der Waals surface area contributed by atoms with Crippen LogP contribution in [0.3, 0.4) is 0 Å². The van der Waals surface area contributed by atoms with E-state index < -0.39 is 23.7 Å². The van der Waals surface area contributed by atoms with Gasteiger partial charge in [0, 0.05) is 12.3 Å². The highest BCUT2D eigenvalue weighted by molar-refractivity contribution is 5.79. The van der Waals surface area contributed by atoms with Crippen LogP contribution in [0, 0.1) is 17.8 Å². The van der Waals surface area contributed by atoms with Crippen molar-refractivity contribution in [2.45, 2.75) is 51.7 Å². The Kier molecular flexibility index (Phi) is 6.50. The molecule has 1 amide bonds. The smallest absolute Gasteiger partial charge is 0.408 e. The molecule has 0 saturated heterocycles. The van der Waals surface area contributed by atoms with Crippen LogP contribution in [-0.2, 0) is 14.3 Å². The first-order valence-electron chi connectivity index (χ1n) is 7.06. The summed E-state index contributed by atoms with van der Waals surface area (Å²) in [6.07, 6.45) is 1.74. The van der Waals surface area contributed by atoms with Crippen LogP contribution < -0.4 is 5.32 Å². The third kappa shape index (κ3) is 8.92. The van der Waals surface area contributed by atoms with Crippen LogP contribution in [-0.4, -0.2) is 42.0 Å². The average Bonchev–Trinajstić information content (AvgIpc) is 3.13. The molecule has 6 heteroatoms. The van der Waals surface area contributed by atoms with Crippen molar-refractivity contribution in [2.24, 2.45) is 5.92 Å². The normalized spacial score (nSPS) is 15.6. The van der Waals surface area contributed by atoms with Gasteiger partial charge in [-0.3, -0.25) is 0 Å². The highest BCUT2D eigenvalue weighted by atomic mass is 16.6. The number of aliphatic carboxylic acids is 1. The predicted molar refractivity (Wildman–Crippen MR) is 76.7 cm³/mol. The van der Waals surface area contributed by atoms with Crippen LogP contribution in [0.4, 0.5) is 4.79 Å². The zero-order chi connectivity index (χ0) is 15.9. The topological polar surface area (TPSA) is 84.9 Å². The summed E-state index contributed by atoms with van der Waals surface area (Å²) in [6.45, 7) is 5.64. The summed E-state index contributed by atoms with van der Waals surface area (Å²) in [5, 5.41) is 11.4. The molecule has 1 atom stereocenters. The molecule has 0 bridgehead atoms. The summed E-state index contributed by atoms with van der Waals surface area (Å²) in [5.41, 5.74) is -0.665. The number of hydrogen-bond acceptors (Lipinski definition) is 4. The van der Waals surface area contributed by atoms with Crippen LogP contribution in [0.1, 0.15) is 40.0 Å². The lowest BCUT2D eigenvalue weighted by molar-refractivity contribution is -0.140. The number of hydrogen-bond donors (Lipinski definition) is 2. The number of carboxylic acid groups (broad SMARTS) is 1. The zero-order valence-electron chi connectivity index (χ0n) is 12.8. The number of amides is 1. The van der Waals surface area contributed by atoms with Crippen molar-refractivity contribution in [3.05, 3.63) is 0 Å². The first-order valence-corrected chi connectivity index (χ1v) is 7.06. The maximum atomic E-state index is 11.5. The molecule has 1 aliphatic carbocycles. The molecule has 2 N–H and O–H groups in total. The number of carboxylic acids is 1. The summed E-state index contributed by atoms with van der Waals surface area (Å²) in [5.74, 6) is 5.34. The molecule has 1 rings (SSSR count). The van der Waals surface area contributed by atoms with E-state index in [2.05, 4.69) is 17.2 Å². The fourth-order valence-corrected chi connectivity index (χ4v) is 1.45. The summed E-state index contributed by atoms with van der Waals surface area (Å²) in [7, 11) is 0. The molecule has 0 spiro atoms. The first kappa shape index (κ1) is 17.3. The third-order valence-corrected chi connectivity index (χ3v) is 2.60. The van der Waals surface area contributed by atoms with Gasteiger partial charge in [-0.15, -0.1) is 0 Å². The molecule has 118 valence electrons. The Morgan fingerprint density at radius 1 is 1.38 bits per heavy atom. The van der Waals surface area contributed by atoms with Gasteiger partial charge in [0.25, 0.3) is 0 Å². The monoisotopic (exact) mass is 297 g/mol. The second-order valence-corrected chi connectivity index (χ2v) is 5.97. The molecule has 0 aromatic carbocycles. The summed E-state index contributed by atoms with van der Waals surface area (Å²) in [6, 6.07) is -1.03. The summed E-state index contributed by atoms with van der Waals surface area (Å²) < 4.78 is 10.3. The predicted octanol–water partition coefficient (Wildman–Crippen LogP) is 1.78. The number of rotatable bonds is 6. The van der Waals surface area contributed by atoms with E-state index >= 15 is 0 Å². The maximum Gasteiger partial charge on any atom is 0.408 e. The van der Waals surface area contributed by atoms with Gasteiger partial charge in [-0.05, 0) is 33.6 Å². The minimum atomic E-state index is -1.12. The average molecular weight is 297 g/mol. The van der Waals surface area contributed by atoms with Crippen molar-refractivity contribution in [2.75, 3.05) is 13.2 Å². The maximum absolute atomic E-state index is 11.5. The quantitative estimate of drug-likeness (QED) is 0.576. The van der Waals surface area contributed by atoms with E-state index in [1.165, 1.54) is 0 Å². The molecule has 0 unspecified atom stereocenters. The minimum Gasteiger partial charge on any atom is -0.480 e. The Bertz CT molecular complexity index is 426. The highest BCUT2D eigenvalue weighted by Gasteiger charge is 2.23. The molecule has 0 heterocycles. The molecule has 6 nitrogen and oxygen atoms in total. The Labute approximate surface area is 125 Å². The lowest BCUT2D eigenvalue weighted by Gasteiger charge is -2.21. The van der Waals surface area contributed by atoms with E-state index in [-0.39, 0.29) is 19.6 Å². The molecule has 0 radical (unpaired) electrons. The van der Waals surface area contributed by atoms with Gasteiger partial charge < -0.3 is 19.9 Å². The molecule has 1 fully saturated rings. The van der Waals surface area contributed by atoms with E-state index in [1.54, 1.807) is 20.8 Å². The van der Waals surface area contributed by atoms with Crippen LogP contribution in [0.25, 0.3) is 0 Å². The SMILES string of the molecule is CC(C)(C)OC(=O)N[C@@H](CCOCC#CC1CC1)C(=O)O. The van der Waals surface area contributed by atoms with Crippen molar-refractivity contribution in [1.82, 2.24) is 5.32 Å². The second-order valence-electron chi connectivity index (χ2n) is 5.97. The molecular formula is C15H23NO5. The van der Waals surface area contributed by atoms with E-state index in [1.807, 2.05) is 0 Å². The number of ether oxygens (including phenoxy) is 2. The highest BCUT2D eigenvalue weighted by Crippen LogP contribution is 2.27. The van der Waals surface area contributed by atoms with Crippen molar-refractivity contribution in [3.8, 4) is 11.8 Å². The van der Waals surface area contributed by atoms with Crippen molar-refractivity contribution in [1.29, 1.82) is 0 Å². The fourth-order valence-electron chi connectivity index (χ4n) is 1.45. The molecule has 1 saturated carbocycles. The minimum absolute atomic E-state index is 0.166. The largest absolute Gasteiger partial charge is 0.480 e. The van der Waals surface area contributed by atoms with Crippen molar-refractivity contribution >= 4 is 12.1 Å². The number of carbonyl (C=O) groups is 2. The van der Waals surface area contributed by atoms with E-state index in [4.69, 9.17) is 14.6 Å². The van der Waals surface area contributed by atoms with Gasteiger partial charge in [-0.1, -0.05) is 11.8 Å². The fraction of sp³-hybridized carbons (Fsp3) is 0.733. The van der Waals surface area contributed by atoms with E-state index in [0.717, 1.165) is 12.8 Å². The third-order valence-electron chi connectivity index (χ3n) is 2.60. The lowest BCUT2D eigenvalue weighted by Crippen LogP contribution is -2.44. The molecule has 0 aromatic heterocycles. The van der Waals surface area contributed by atoms with Crippen molar-refractivity contribution in [3.63, 3.8) is 0 Å². The lowest BCUT2D eigenvalue weighted by atomic mass is 10.2. The van der Waals surface area contributed by atoms with Gasteiger partial charge in [0.15, 0.2) is 0 Å². The molecule has 21 heavy (non-hydrogen) atoms. The number of nitrogens with one attached hydrogen (secondary N) is 1. The van der Waals surface area contributed by atoms with Gasteiger partial charge in [0.1, 0.15) is 18.2 Å². The molecular weight excluding hydrogens is 274 g/mol. The number of alkyl carbamates (subject to hydrolysis) is 1. The van der Waals surface area contributed by atoms with Crippen LogP contribution in [0.5, 0.6) is 0 Å². The van der Waals surface area contributed by atoms with Crippen LogP contribution in [0.2, 0.25) is 0 Å². The molecule has 0 aliphatic heterocycles. The zero-order valence-corrected chi connectivity index (χ0v) is 12.8. The molecule has 1 aliphatic rings. The summed E-state index contributed by atoms with van der Waals surface area (Å²) in [4.78, 5) is 22.6. The summed E-state index contributed by atoms with van der Waals surface area (Å²) >= 11 is 0. The Balaban J connectivity index is 2.24. The first-order chi connectivity index (χ1) is 9.78. The molecule has 0 aromatic rings. The van der Waals surface area contributed by atoms with Gasteiger partial charge in [-0.25, -0.2) is 9.59 Å². The Morgan fingerprint density at radius 2 is 2.05 bits per heavy atom. The Hall–Kier alpha value is -1.74. The van der Waals surface area contributed by atoms with E-state index in [0.29, 0.717) is 5.92 Å². The van der Waals surface area contributed by atoms with Crippen molar-refractivity contribution < 1.29 is 24.2 Å². The van der Waals surface area contributed by atoms with Gasteiger partial charge in [-0.2, -0.15) is 0 Å². The van der Waals surface area contributed by atoms with Gasteiger partial charge in [0.2, 0.25) is 0 Å². The van der Waals surface area contributed by atoms with E-state index in [9.17, 15) is 9.59 Å². The van der Waals surface area contributed by atoms with Gasteiger partial charge >= 0.3 is 12.1 Å². The van der Waals surface area contributed by atoms with Crippen LogP contribution >= 0.6 is 0 Å².